The third kappa shape index (κ3) is 8.25. The lowest BCUT2D eigenvalue weighted by Gasteiger charge is -2.45. The second-order valence-electron chi connectivity index (χ2n) is 25.1. The highest BCUT2D eigenvalue weighted by Crippen LogP contribution is 2.54. The van der Waals surface area contributed by atoms with E-state index in [0.29, 0.717) is 50.3 Å². The molecular formula is C89H61BN6. The summed E-state index contributed by atoms with van der Waals surface area (Å²) in [5.74, 6) is 0. The number of benzene rings is 14. The number of anilines is 6. The molecule has 2 aliphatic heterocycles. The van der Waals surface area contributed by atoms with Crippen molar-refractivity contribution in [2.24, 2.45) is 0 Å². The van der Waals surface area contributed by atoms with Crippen LogP contribution in [0, 0.1) is 11.3 Å². The van der Waals surface area contributed by atoms with Gasteiger partial charge in [0, 0.05) is 71.9 Å². The molecule has 0 bridgehead atoms. The molecule has 0 radical (unpaired) electrons. The average molecular weight is 1250 g/mol. The Bertz CT molecular complexity index is 7130. The Morgan fingerprint density at radius 1 is 0.344 bits per heavy atom. The molecule has 0 saturated carbocycles. The van der Waals surface area contributed by atoms with E-state index in [-0.39, 0.29) is 88.7 Å². The van der Waals surface area contributed by atoms with Gasteiger partial charge in [-0.1, -0.05) is 245 Å². The van der Waals surface area contributed by atoms with Gasteiger partial charge < -0.3 is 23.5 Å². The van der Waals surface area contributed by atoms with E-state index in [9.17, 15) is 27.2 Å². The molecular weight excluding hydrogens is 1160 g/mol. The molecule has 5 heterocycles. The van der Waals surface area contributed by atoms with E-state index in [1.54, 1.807) is 42.5 Å². The Morgan fingerprint density at radius 2 is 0.802 bits per heavy atom. The number of hydrogen-bond donors (Lipinski definition) is 0. The highest BCUT2D eigenvalue weighted by atomic mass is 15.2. The van der Waals surface area contributed by atoms with E-state index in [0.717, 1.165) is 38.5 Å². The summed E-state index contributed by atoms with van der Waals surface area (Å²) in [4.78, 5) is 3.90. The monoisotopic (exact) mass is 1250 g/mol. The summed E-state index contributed by atoms with van der Waals surface area (Å²) in [6.45, 7) is 5.27. The van der Waals surface area contributed by atoms with Crippen LogP contribution in [-0.4, -0.2) is 20.4 Å². The Hall–Kier alpha value is -12.4. The van der Waals surface area contributed by atoms with Crippen LogP contribution in [-0.2, 0) is 5.41 Å². The van der Waals surface area contributed by atoms with Crippen molar-refractivity contribution in [2.45, 2.75) is 26.2 Å². The molecule has 14 aromatic carbocycles. The van der Waals surface area contributed by atoms with Crippen LogP contribution in [0.15, 0.2) is 315 Å². The molecule has 17 aromatic rings. The first-order valence-electron chi connectivity index (χ1n) is 41.9. The SMILES string of the molecule is [2H]c1c([2H])c([2H])c(-c2ccc3c(c2)N(c2cccc(-n4c5ccccc5c5ccccc54)c2C#N)c2cc(-n4c5c([2H])c([2H])c([2H])c([2H])c5c5c([2H])c([2H])c([2H])c([2H])c54)cc4c2B3c2ccc(-n3c5c([2H])c([2H])c([2H])c([2H])c5c5c([2H])c([2H])c([2H])c([2H])c53)cc2N4c2c(-c3ccccc3)cc(C(C)(C)C)cc2-c2ccccc2)c([2H])c1[2H]. The number of hydrogen-bond acceptors (Lipinski definition) is 3. The van der Waals surface area contributed by atoms with Crippen LogP contribution < -0.4 is 26.2 Å². The molecule has 19 rings (SSSR count). The van der Waals surface area contributed by atoms with Crippen LogP contribution in [0.2, 0.25) is 0 Å². The molecule has 0 atom stereocenters. The molecule has 0 unspecified atom stereocenters. The van der Waals surface area contributed by atoms with Crippen LogP contribution >= 0.6 is 0 Å². The molecule has 7 heteroatoms. The number of nitrogens with zero attached hydrogens (tertiary/aromatic N) is 6. The zero-order chi connectivity index (χ0) is 82.2. The first-order chi connectivity index (χ1) is 56.0. The van der Waals surface area contributed by atoms with Crippen LogP contribution in [0.1, 0.15) is 60.7 Å². The largest absolute Gasteiger partial charge is 0.310 e. The molecule has 0 spiro atoms. The quantitative estimate of drug-likeness (QED) is 0.142. The van der Waals surface area contributed by atoms with Crippen molar-refractivity contribution in [2.75, 3.05) is 9.80 Å². The van der Waals surface area contributed by atoms with E-state index >= 15 is 0 Å². The van der Waals surface area contributed by atoms with Gasteiger partial charge in [0.25, 0.3) is 6.71 Å². The lowest BCUT2D eigenvalue weighted by molar-refractivity contribution is 0.591. The van der Waals surface area contributed by atoms with Gasteiger partial charge in [0.2, 0.25) is 0 Å². The second kappa shape index (κ2) is 21.3. The second-order valence-corrected chi connectivity index (χ2v) is 25.1. The molecule has 96 heavy (non-hydrogen) atoms. The highest BCUT2D eigenvalue weighted by Gasteiger charge is 2.46. The third-order valence-electron chi connectivity index (χ3n) is 19.0. The summed E-state index contributed by atoms with van der Waals surface area (Å²) in [5.41, 5.74) is 7.93. The Kier molecular flexibility index (Phi) is 8.44. The van der Waals surface area contributed by atoms with Gasteiger partial charge in [-0.25, -0.2) is 0 Å². The molecule has 0 aliphatic carbocycles. The minimum Gasteiger partial charge on any atom is -0.310 e. The predicted octanol–water partition coefficient (Wildman–Crippen LogP) is 21.2. The summed E-state index contributed by atoms with van der Waals surface area (Å²) >= 11 is 0. The Balaban J connectivity index is 1.07. The van der Waals surface area contributed by atoms with Gasteiger partial charge in [-0.2, -0.15) is 5.26 Å². The minimum absolute atomic E-state index is 0.0395. The van der Waals surface area contributed by atoms with Gasteiger partial charge in [0.05, 0.1) is 84.6 Å². The van der Waals surface area contributed by atoms with Gasteiger partial charge in [-0.15, -0.1) is 0 Å². The number of nitriles is 1. The van der Waals surface area contributed by atoms with Crippen LogP contribution in [0.5, 0.6) is 0 Å². The number of para-hydroxylation sites is 6. The zero-order valence-electron chi connectivity index (χ0n) is 72.7. The van der Waals surface area contributed by atoms with Gasteiger partial charge in [-0.05, 0) is 141 Å². The van der Waals surface area contributed by atoms with Crippen molar-refractivity contribution in [1.29, 1.82) is 5.26 Å². The molecule has 450 valence electrons. The van der Waals surface area contributed by atoms with Crippen molar-refractivity contribution < 1.29 is 28.8 Å². The Morgan fingerprint density at radius 3 is 1.34 bits per heavy atom. The molecule has 0 amide bonds. The summed E-state index contributed by atoms with van der Waals surface area (Å²) in [7, 11) is 0. The maximum atomic E-state index is 12.5. The van der Waals surface area contributed by atoms with Crippen molar-refractivity contribution in [3.8, 4) is 56.5 Å². The molecule has 3 aromatic heterocycles. The standard InChI is InChI=1S/C89H61BN6/c1-89(2,3)61-51-70(58-28-9-5-10-29-58)88(71(52-61)59-30-11-6-12-31-59)96-84-53-62(92-75-38-19-13-32-64(75)65-33-14-20-39-76(65)92)47-49-74(84)90-73-48-46-60(57-26-7-4-8-27-57)50-83(73)95(82-45-25-44-81(72(82)56-91)94-79-42-23-17-36-68(79)69-37-18-24-43-80(69)94)85-54-63(55-86(96)87(85)90)93-77-40-21-15-34-66(77)67-35-16-22-41-78(67)93/h4-55H,1-3H3/i4D,7D,8D,13D,14D,15D,16D,19D,20D,21D,22D,26D,27D,32D,33D,34D,35D,38D,39D,40D,41D. The van der Waals surface area contributed by atoms with Crippen LogP contribution in [0.3, 0.4) is 0 Å². The van der Waals surface area contributed by atoms with Crippen molar-refractivity contribution in [3.63, 3.8) is 0 Å². The molecule has 0 fully saturated rings. The highest BCUT2D eigenvalue weighted by molar-refractivity contribution is 7.00. The fourth-order valence-corrected chi connectivity index (χ4v) is 14.8. The van der Waals surface area contributed by atoms with Gasteiger partial charge in [0.1, 0.15) is 11.6 Å². The summed E-state index contributed by atoms with van der Waals surface area (Å²) in [6.07, 6.45) is 0. The molecule has 2 aliphatic rings. The normalized spacial score (nSPS) is 15.7. The van der Waals surface area contributed by atoms with Gasteiger partial charge in [0.15, 0.2) is 0 Å². The molecule has 6 nitrogen and oxygen atoms in total. The van der Waals surface area contributed by atoms with Gasteiger partial charge in [-0.3, -0.25) is 0 Å². The number of aromatic nitrogens is 3. The number of fused-ring (bicyclic) bond motifs is 13. The Labute approximate surface area is 586 Å². The van der Waals surface area contributed by atoms with E-state index in [1.165, 1.54) is 9.13 Å². The fraction of sp³-hybridized carbons (Fsp3) is 0.0449. The fourth-order valence-electron chi connectivity index (χ4n) is 14.8. The van der Waals surface area contributed by atoms with Crippen molar-refractivity contribution in [1.82, 2.24) is 13.7 Å². The van der Waals surface area contributed by atoms with E-state index in [4.69, 9.17) is 6.85 Å². The maximum absolute atomic E-state index is 12.5. The van der Waals surface area contributed by atoms with Crippen molar-refractivity contribution in [3.05, 3.63) is 326 Å². The molecule has 0 N–H and O–H groups in total. The zero-order valence-corrected chi connectivity index (χ0v) is 51.7. The summed E-state index contributed by atoms with van der Waals surface area (Å²) < 4.78 is 203. The maximum Gasteiger partial charge on any atom is 0.252 e. The predicted molar refractivity (Wildman–Crippen MR) is 403 cm³/mol. The lowest BCUT2D eigenvalue weighted by Crippen LogP contribution is -2.61. The lowest BCUT2D eigenvalue weighted by atomic mass is 9.33. The summed E-state index contributed by atoms with van der Waals surface area (Å²) in [6, 6.07) is 48.5. The summed E-state index contributed by atoms with van der Waals surface area (Å²) in [5, 5.41) is 13.4. The van der Waals surface area contributed by atoms with Crippen LogP contribution in [0.25, 0.3) is 116 Å². The minimum atomic E-state index is -1.04. The average Bonchev–Trinajstić information content (AvgIpc) is 1.64. The first-order valence-corrected chi connectivity index (χ1v) is 31.4. The van der Waals surface area contributed by atoms with Crippen molar-refractivity contribution >= 4 is 123 Å². The van der Waals surface area contributed by atoms with E-state index in [1.807, 2.05) is 148 Å². The third-order valence-corrected chi connectivity index (χ3v) is 19.0. The molecule has 0 saturated heterocycles. The van der Waals surface area contributed by atoms with Crippen LogP contribution in [0.4, 0.5) is 34.1 Å². The first kappa shape index (κ1) is 38.0. The van der Waals surface area contributed by atoms with E-state index in [2.05, 4.69) is 39.0 Å². The smallest absolute Gasteiger partial charge is 0.252 e. The number of rotatable bonds is 8. The topological polar surface area (TPSA) is 45.1 Å². The van der Waals surface area contributed by atoms with E-state index < -0.39 is 139 Å². The van der Waals surface area contributed by atoms with Gasteiger partial charge >= 0.3 is 0 Å².